The molecule has 0 spiro atoms. The van der Waals surface area contributed by atoms with Crippen LogP contribution < -0.4 is 10.1 Å². The Morgan fingerprint density at radius 3 is 2.35 bits per heavy atom. The van der Waals surface area contributed by atoms with Gasteiger partial charge in [0, 0.05) is 10.0 Å². The first-order valence-corrected chi connectivity index (χ1v) is 7.44. The maximum Gasteiger partial charge on any atom is 0.124 e. The van der Waals surface area contributed by atoms with Gasteiger partial charge in [-0.15, -0.1) is 0 Å². The molecule has 0 aromatic heterocycles. The number of hydrogen-bond donors (Lipinski definition) is 1. The standard InChI is InChI=1S/C17H20BrNO/c1-11-7-5-6-8-13(11)17(19-3)14-10-15(18)12(2)9-16(14)20-4/h5-10,17,19H,1-4H3. The van der Waals surface area contributed by atoms with Crippen molar-refractivity contribution >= 4 is 15.9 Å². The largest absolute Gasteiger partial charge is 0.496 e. The summed E-state index contributed by atoms with van der Waals surface area (Å²) in [6.45, 7) is 4.20. The van der Waals surface area contributed by atoms with E-state index in [4.69, 9.17) is 4.74 Å². The molecule has 0 radical (unpaired) electrons. The Bertz CT molecular complexity index is 610. The summed E-state index contributed by atoms with van der Waals surface area (Å²) in [7, 11) is 3.70. The predicted octanol–water partition coefficient (Wildman–Crippen LogP) is 4.38. The molecule has 0 aliphatic rings. The number of methoxy groups -OCH3 is 1. The number of rotatable bonds is 4. The van der Waals surface area contributed by atoms with Crippen molar-refractivity contribution in [1.82, 2.24) is 5.32 Å². The number of benzene rings is 2. The van der Waals surface area contributed by atoms with Crippen molar-refractivity contribution in [1.29, 1.82) is 0 Å². The molecule has 0 aliphatic carbocycles. The Balaban J connectivity index is 2.58. The van der Waals surface area contributed by atoms with Crippen molar-refractivity contribution in [2.75, 3.05) is 14.2 Å². The molecule has 0 amide bonds. The van der Waals surface area contributed by atoms with Crippen molar-refractivity contribution in [3.05, 3.63) is 63.1 Å². The van der Waals surface area contributed by atoms with Crippen LogP contribution in [0.2, 0.25) is 0 Å². The van der Waals surface area contributed by atoms with Gasteiger partial charge in [-0.25, -0.2) is 0 Å². The van der Waals surface area contributed by atoms with Crippen LogP contribution in [0.1, 0.15) is 28.3 Å². The van der Waals surface area contributed by atoms with E-state index in [1.54, 1.807) is 7.11 Å². The lowest BCUT2D eigenvalue weighted by molar-refractivity contribution is 0.405. The molecular formula is C17H20BrNO. The van der Waals surface area contributed by atoms with Gasteiger partial charge >= 0.3 is 0 Å². The van der Waals surface area contributed by atoms with Gasteiger partial charge in [0.25, 0.3) is 0 Å². The van der Waals surface area contributed by atoms with E-state index in [0.717, 1.165) is 15.8 Å². The third kappa shape index (κ3) is 2.89. The lowest BCUT2D eigenvalue weighted by Gasteiger charge is -2.22. The average molecular weight is 334 g/mol. The molecule has 0 bridgehead atoms. The molecule has 2 nitrogen and oxygen atoms in total. The number of hydrogen-bond acceptors (Lipinski definition) is 2. The van der Waals surface area contributed by atoms with Crippen LogP contribution in [0.15, 0.2) is 40.9 Å². The highest BCUT2D eigenvalue weighted by molar-refractivity contribution is 9.10. The molecule has 0 saturated carbocycles. The first-order chi connectivity index (χ1) is 9.58. The number of ether oxygens (including phenoxy) is 1. The van der Waals surface area contributed by atoms with Crippen LogP contribution in [0.4, 0.5) is 0 Å². The average Bonchev–Trinajstić information content (AvgIpc) is 2.45. The van der Waals surface area contributed by atoms with Crippen LogP contribution in [0, 0.1) is 13.8 Å². The Morgan fingerprint density at radius 2 is 1.75 bits per heavy atom. The van der Waals surface area contributed by atoms with Crippen LogP contribution in [-0.4, -0.2) is 14.2 Å². The van der Waals surface area contributed by atoms with Crippen molar-refractivity contribution in [2.45, 2.75) is 19.9 Å². The van der Waals surface area contributed by atoms with Gasteiger partial charge in [0.05, 0.1) is 13.2 Å². The highest BCUT2D eigenvalue weighted by atomic mass is 79.9. The number of aryl methyl sites for hydroxylation is 2. The van der Waals surface area contributed by atoms with Gasteiger partial charge in [-0.3, -0.25) is 0 Å². The second kappa shape index (κ2) is 6.42. The first-order valence-electron chi connectivity index (χ1n) is 6.65. The normalized spacial score (nSPS) is 12.2. The molecule has 1 unspecified atom stereocenters. The van der Waals surface area contributed by atoms with E-state index in [0.29, 0.717) is 0 Å². The smallest absolute Gasteiger partial charge is 0.124 e. The Kier molecular flexibility index (Phi) is 4.84. The van der Waals surface area contributed by atoms with Crippen LogP contribution >= 0.6 is 15.9 Å². The zero-order chi connectivity index (χ0) is 14.7. The summed E-state index contributed by atoms with van der Waals surface area (Å²) in [4.78, 5) is 0. The molecule has 0 heterocycles. The maximum absolute atomic E-state index is 5.56. The second-order valence-electron chi connectivity index (χ2n) is 4.92. The van der Waals surface area contributed by atoms with E-state index >= 15 is 0 Å². The Hall–Kier alpha value is -1.32. The Labute approximate surface area is 129 Å². The van der Waals surface area contributed by atoms with Crippen LogP contribution in [0.25, 0.3) is 0 Å². The summed E-state index contributed by atoms with van der Waals surface area (Å²) in [6.07, 6.45) is 0. The summed E-state index contributed by atoms with van der Waals surface area (Å²) in [5.74, 6) is 0.910. The van der Waals surface area contributed by atoms with E-state index < -0.39 is 0 Å². The van der Waals surface area contributed by atoms with E-state index in [9.17, 15) is 0 Å². The molecule has 0 fully saturated rings. The minimum atomic E-state index is 0.114. The fourth-order valence-corrected chi connectivity index (χ4v) is 2.82. The third-order valence-corrected chi connectivity index (χ3v) is 4.46. The predicted molar refractivity (Wildman–Crippen MR) is 87.5 cm³/mol. The van der Waals surface area contributed by atoms with Crippen molar-refractivity contribution in [3.8, 4) is 5.75 Å². The molecule has 2 aromatic rings. The number of halogens is 1. The lowest BCUT2D eigenvalue weighted by Crippen LogP contribution is -2.19. The summed E-state index contributed by atoms with van der Waals surface area (Å²) in [5.41, 5.74) is 4.85. The maximum atomic E-state index is 5.56. The van der Waals surface area contributed by atoms with E-state index in [2.05, 4.69) is 71.5 Å². The van der Waals surface area contributed by atoms with Crippen molar-refractivity contribution in [2.24, 2.45) is 0 Å². The molecule has 1 atom stereocenters. The van der Waals surface area contributed by atoms with Gasteiger partial charge in [0.15, 0.2) is 0 Å². The van der Waals surface area contributed by atoms with Gasteiger partial charge in [-0.2, -0.15) is 0 Å². The molecule has 1 N–H and O–H groups in total. The van der Waals surface area contributed by atoms with Crippen LogP contribution in [-0.2, 0) is 0 Å². The topological polar surface area (TPSA) is 21.3 Å². The first kappa shape index (κ1) is 15.1. The van der Waals surface area contributed by atoms with Gasteiger partial charge in [-0.05, 0) is 49.7 Å². The van der Waals surface area contributed by atoms with Gasteiger partial charge < -0.3 is 10.1 Å². The van der Waals surface area contributed by atoms with Gasteiger partial charge in [-0.1, -0.05) is 40.2 Å². The van der Waals surface area contributed by atoms with Gasteiger partial charge in [0.2, 0.25) is 0 Å². The molecular weight excluding hydrogens is 314 g/mol. The molecule has 2 aromatic carbocycles. The monoisotopic (exact) mass is 333 g/mol. The quantitative estimate of drug-likeness (QED) is 0.896. The van der Waals surface area contributed by atoms with E-state index in [1.807, 2.05) is 7.05 Å². The SMILES string of the molecule is CNC(c1ccccc1C)c1cc(Br)c(C)cc1OC. The van der Waals surface area contributed by atoms with E-state index in [1.165, 1.54) is 16.7 Å². The van der Waals surface area contributed by atoms with Crippen LogP contribution in [0.3, 0.4) is 0 Å². The summed E-state index contributed by atoms with van der Waals surface area (Å²) in [6, 6.07) is 12.8. The van der Waals surface area contributed by atoms with Crippen molar-refractivity contribution in [3.63, 3.8) is 0 Å². The molecule has 0 saturated heterocycles. The molecule has 106 valence electrons. The molecule has 2 rings (SSSR count). The second-order valence-corrected chi connectivity index (χ2v) is 5.78. The summed E-state index contributed by atoms with van der Waals surface area (Å²) < 4.78 is 6.66. The highest BCUT2D eigenvalue weighted by Gasteiger charge is 2.19. The molecule has 3 heteroatoms. The Morgan fingerprint density at radius 1 is 1.05 bits per heavy atom. The zero-order valence-electron chi connectivity index (χ0n) is 12.3. The summed E-state index contributed by atoms with van der Waals surface area (Å²) in [5, 5.41) is 3.40. The minimum absolute atomic E-state index is 0.114. The zero-order valence-corrected chi connectivity index (χ0v) is 13.9. The van der Waals surface area contributed by atoms with Gasteiger partial charge in [0.1, 0.15) is 5.75 Å². The number of nitrogens with one attached hydrogen (secondary N) is 1. The van der Waals surface area contributed by atoms with Crippen LogP contribution in [0.5, 0.6) is 5.75 Å². The molecule has 0 aliphatic heterocycles. The third-order valence-electron chi connectivity index (χ3n) is 3.61. The van der Waals surface area contributed by atoms with Crippen molar-refractivity contribution < 1.29 is 4.74 Å². The lowest BCUT2D eigenvalue weighted by atomic mass is 9.94. The molecule has 20 heavy (non-hydrogen) atoms. The summed E-state index contributed by atoms with van der Waals surface area (Å²) >= 11 is 3.61. The fourth-order valence-electron chi connectivity index (χ4n) is 2.46. The van der Waals surface area contributed by atoms with E-state index in [-0.39, 0.29) is 6.04 Å². The fraction of sp³-hybridized carbons (Fsp3) is 0.294. The minimum Gasteiger partial charge on any atom is -0.496 e. The highest BCUT2D eigenvalue weighted by Crippen LogP contribution is 2.35.